The van der Waals surface area contributed by atoms with Crippen LogP contribution in [0.3, 0.4) is 0 Å². The van der Waals surface area contributed by atoms with E-state index in [2.05, 4.69) is 46.2 Å². The zero-order valence-electron chi connectivity index (χ0n) is 13.2. The Bertz CT molecular complexity index is 622. The molecule has 0 fully saturated rings. The molecule has 1 aliphatic rings. The molecule has 21 heavy (non-hydrogen) atoms. The fraction of sp³-hybridized carbons (Fsp3) is 0.667. The Labute approximate surface area is 129 Å². The molecule has 0 saturated heterocycles. The molecule has 0 bridgehead atoms. The minimum absolute atomic E-state index is 0.141. The van der Waals surface area contributed by atoms with Crippen molar-refractivity contribution in [1.82, 2.24) is 25.1 Å². The van der Waals surface area contributed by atoms with Gasteiger partial charge in [0.25, 0.3) is 0 Å². The minimum Gasteiger partial charge on any atom is -0.314 e. The van der Waals surface area contributed by atoms with Gasteiger partial charge in [0.15, 0.2) is 0 Å². The summed E-state index contributed by atoms with van der Waals surface area (Å²) in [6, 6.07) is 0.479. The third-order valence-electron chi connectivity index (χ3n) is 3.90. The lowest BCUT2D eigenvalue weighted by Gasteiger charge is -2.24. The number of nitrogens with one attached hydrogen (secondary N) is 1. The minimum atomic E-state index is 0.141. The lowest BCUT2D eigenvalue weighted by Crippen LogP contribution is -2.37. The van der Waals surface area contributed by atoms with Gasteiger partial charge in [-0.25, -0.2) is 4.98 Å². The normalized spacial score (nSPS) is 18.8. The van der Waals surface area contributed by atoms with E-state index in [0.29, 0.717) is 6.04 Å². The van der Waals surface area contributed by atoms with Gasteiger partial charge in [-0.1, -0.05) is 20.8 Å². The summed E-state index contributed by atoms with van der Waals surface area (Å²) in [5.74, 6) is 2.13. The summed E-state index contributed by atoms with van der Waals surface area (Å²) < 4.78 is 2.22. The van der Waals surface area contributed by atoms with Crippen molar-refractivity contribution < 1.29 is 0 Å². The highest BCUT2D eigenvalue weighted by atomic mass is 32.1. The second kappa shape index (κ2) is 5.50. The Morgan fingerprint density at radius 3 is 2.90 bits per heavy atom. The second-order valence-electron chi connectivity index (χ2n) is 6.78. The molecular weight excluding hydrogens is 282 g/mol. The SMILES string of the molecule is Cc1nnc2n1C[C@@H](NCc1csc(C(C)(C)C)n1)CC2. The Hall–Kier alpha value is -1.27. The monoisotopic (exact) mass is 305 g/mol. The van der Waals surface area contributed by atoms with Gasteiger partial charge in [0, 0.05) is 36.3 Å². The summed E-state index contributed by atoms with van der Waals surface area (Å²) in [6.45, 7) is 10.5. The lowest BCUT2D eigenvalue weighted by atomic mass is 9.98. The topological polar surface area (TPSA) is 55.6 Å². The molecule has 0 aromatic carbocycles. The smallest absolute Gasteiger partial charge is 0.133 e. The Morgan fingerprint density at radius 1 is 1.38 bits per heavy atom. The first-order valence-electron chi connectivity index (χ1n) is 7.50. The van der Waals surface area contributed by atoms with Crippen LogP contribution >= 0.6 is 11.3 Å². The lowest BCUT2D eigenvalue weighted by molar-refractivity contribution is 0.374. The van der Waals surface area contributed by atoms with Crippen LogP contribution in [0, 0.1) is 6.92 Å². The van der Waals surface area contributed by atoms with Crippen LogP contribution in [0.1, 0.15) is 49.5 Å². The average molecular weight is 305 g/mol. The number of hydrogen-bond donors (Lipinski definition) is 1. The zero-order valence-corrected chi connectivity index (χ0v) is 14.0. The predicted octanol–water partition coefficient (Wildman–Crippen LogP) is 2.45. The second-order valence-corrected chi connectivity index (χ2v) is 7.64. The Balaban J connectivity index is 1.59. The summed E-state index contributed by atoms with van der Waals surface area (Å²) in [5, 5.41) is 15.4. The van der Waals surface area contributed by atoms with Crippen LogP contribution in [0.2, 0.25) is 0 Å². The number of nitrogens with zero attached hydrogens (tertiary/aromatic N) is 4. The highest BCUT2D eigenvalue weighted by molar-refractivity contribution is 7.09. The van der Waals surface area contributed by atoms with E-state index in [1.165, 1.54) is 5.01 Å². The van der Waals surface area contributed by atoms with Crippen molar-refractivity contribution >= 4 is 11.3 Å². The molecule has 2 aromatic rings. The number of fused-ring (bicyclic) bond motifs is 1. The van der Waals surface area contributed by atoms with Crippen LogP contribution in [-0.4, -0.2) is 25.8 Å². The zero-order chi connectivity index (χ0) is 15.0. The number of aryl methyl sites for hydroxylation is 2. The fourth-order valence-electron chi connectivity index (χ4n) is 2.61. The van der Waals surface area contributed by atoms with Crippen molar-refractivity contribution in [1.29, 1.82) is 0 Å². The molecule has 0 amide bonds. The van der Waals surface area contributed by atoms with Gasteiger partial charge >= 0.3 is 0 Å². The van der Waals surface area contributed by atoms with Crippen molar-refractivity contribution in [3.8, 4) is 0 Å². The van der Waals surface area contributed by atoms with E-state index in [0.717, 1.165) is 43.3 Å². The molecule has 1 N–H and O–H groups in total. The summed E-state index contributed by atoms with van der Waals surface area (Å²) in [5.41, 5.74) is 1.29. The average Bonchev–Trinajstić information content (AvgIpc) is 3.04. The van der Waals surface area contributed by atoms with E-state index in [9.17, 15) is 0 Å². The molecule has 1 atom stereocenters. The maximum Gasteiger partial charge on any atom is 0.133 e. The molecule has 3 rings (SSSR count). The van der Waals surface area contributed by atoms with E-state index < -0.39 is 0 Å². The molecule has 0 radical (unpaired) electrons. The van der Waals surface area contributed by atoms with Crippen LogP contribution < -0.4 is 5.32 Å². The number of aromatic nitrogens is 4. The molecule has 3 heterocycles. The fourth-order valence-corrected chi connectivity index (χ4v) is 3.52. The number of thiazole rings is 1. The number of rotatable bonds is 3. The van der Waals surface area contributed by atoms with Crippen LogP contribution in [0.15, 0.2) is 5.38 Å². The van der Waals surface area contributed by atoms with Gasteiger partial charge in [-0.05, 0) is 13.3 Å². The van der Waals surface area contributed by atoms with Crippen molar-refractivity contribution in [2.75, 3.05) is 0 Å². The largest absolute Gasteiger partial charge is 0.314 e. The van der Waals surface area contributed by atoms with Gasteiger partial charge in [0.1, 0.15) is 11.6 Å². The molecule has 2 aromatic heterocycles. The highest BCUT2D eigenvalue weighted by Crippen LogP contribution is 2.25. The maximum atomic E-state index is 4.74. The third-order valence-corrected chi connectivity index (χ3v) is 5.21. The quantitative estimate of drug-likeness (QED) is 0.946. The first-order valence-corrected chi connectivity index (χ1v) is 8.38. The van der Waals surface area contributed by atoms with Crippen molar-refractivity contribution in [2.45, 2.75) is 65.1 Å². The summed E-state index contributed by atoms with van der Waals surface area (Å²) in [7, 11) is 0. The van der Waals surface area contributed by atoms with Crippen molar-refractivity contribution in [2.24, 2.45) is 0 Å². The molecule has 0 unspecified atom stereocenters. The molecule has 0 aliphatic carbocycles. The highest BCUT2D eigenvalue weighted by Gasteiger charge is 2.22. The summed E-state index contributed by atoms with van der Waals surface area (Å²) in [6.07, 6.45) is 2.12. The van der Waals surface area contributed by atoms with E-state index in [-0.39, 0.29) is 5.41 Å². The van der Waals surface area contributed by atoms with Gasteiger partial charge in [0.05, 0.1) is 10.7 Å². The van der Waals surface area contributed by atoms with Crippen LogP contribution in [-0.2, 0) is 24.9 Å². The van der Waals surface area contributed by atoms with Gasteiger partial charge < -0.3 is 9.88 Å². The molecular formula is C15H23N5S. The van der Waals surface area contributed by atoms with Crippen LogP contribution in [0.25, 0.3) is 0 Å². The Morgan fingerprint density at radius 2 is 2.19 bits per heavy atom. The molecule has 114 valence electrons. The van der Waals surface area contributed by atoms with Gasteiger partial charge in [-0.2, -0.15) is 0 Å². The molecule has 5 nitrogen and oxygen atoms in total. The summed E-state index contributed by atoms with van der Waals surface area (Å²) in [4.78, 5) is 4.74. The first-order chi connectivity index (χ1) is 9.93. The molecule has 0 saturated carbocycles. The van der Waals surface area contributed by atoms with Gasteiger partial charge in [-0.3, -0.25) is 0 Å². The molecule has 0 spiro atoms. The van der Waals surface area contributed by atoms with E-state index in [4.69, 9.17) is 4.98 Å². The van der Waals surface area contributed by atoms with E-state index in [1.54, 1.807) is 11.3 Å². The van der Waals surface area contributed by atoms with Gasteiger partial charge in [0.2, 0.25) is 0 Å². The maximum absolute atomic E-state index is 4.74. The third kappa shape index (κ3) is 3.16. The van der Waals surface area contributed by atoms with Gasteiger partial charge in [-0.15, -0.1) is 21.5 Å². The molecule has 6 heteroatoms. The van der Waals surface area contributed by atoms with Crippen molar-refractivity contribution in [3.63, 3.8) is 0 Å². The standard InChI is InChI=1S/C15H23N5S/c1-10-18-19-13-6-5-11(8-20(10)13)16-7-12-9-21-14(17-12)15(2,3)4/h9,11,16H,5-8H2,1-4H3/t11-/m0/s1. The van der Waals surface area contributed by atoms with Crippen LogP contribution in [0.4, 0.5) is 0 Å². The van der Waals surface area contributed by atoms with Crippen molar-refractivity contribution in [3.05, 3.63) is 27.7 Å². The predicted molar refractivity (Wildman–Crippen MR) is 84.5 cm³/mol. The van der Waals surface area contributed by atoms with Crippen LogP contribution in [0.5, 0.6) is 0 Å². The first kappa shape index (κ1) is 14.7. The molecule has 1 aliphatic heterocycles. The number of hydrogen-bond acceptors (Lipinski definition) is 5. The van der Waals surface area contributed by atoms with E-state index in [1.807, 2.05) is 6.92 Å². The van der Waals surface area contributed by atoms with E-state index >= 15 is 0 Å². The summed E-state index contributed by atoms with van der Waals surface area (Å²) >= 11 is 1.76. The Kier molecular flexibility index (Phi) is 3.84.